The van der Waals surface area contributed by atoms with E-state index in [0.717, 1.165) is 43.4 Å². The Balaban J connectivity index is 1.30. The lowest BCUT2D eigenvalue weighted by atomic mass is 10.00. The van der Waals surface area contributed by atoms with E-state index < -0.39 is 0 Å². The Morgan fingerprint density at radius 2 is 1.69 bits per heavy atom. The fourth-order valence-electron chi connectivity index (χ4n) is 4.54. The number of benzene rings is 3. The van der Waals surface area contributed by atoms with Crippen LogP contribution in [-0.2, 0) is 0 Å². The van der Waals surface area contributed by atoms with Gasteiger partial charge in [0.05, 0.1) is 0 Å². The minimum absolute atomic E-state index is 0.287. The fraction of sp³-hybridized carbons (Fsp3) is 0.296. The molecular weight excluding hydrogens is 398 g/mol. The molecule has 0 bridgehead atoms. The summed E-state index contributed by atoms with van der Waals surface area (Å²) < 4.78 is 5.79. The van der Waals surface area contributed by atoms with Gasteiger partial charge in [0.2, 0.25) is 0 Å². The van der Waals surface area contributed by atoms with Crippen molar-refractivity contribution in [2.75, 3.05) is 51.2 Å². The number of amides is 1. The number of hydrogen-bond donors (Lipinski definition) is 0. The number of hydrogen-bond acceptors (Lipinski definition) is 4. The Morgan fingerprint density at radius 3 is 2.44 bits per heavy atom. The number of fused-ring (bicyclic) bond motifs is 1. The van der Waals surface area contributed by atoms with Gasteiger partial charge in [0.1, 0.15) is 5.75 Å². The maximum absolute atomic E-state index is 12.8. The number of rotatable bonds is 3. The smallest absolute Gasteiger partial charge is 0.410 e. The molecule has 0 spiro atoms. The molecule has 2 aliphatic heterocycles. The van der Waals surface area contributed by atoms with Crippen molar-refractivity contribution in [1.82, 2.24) is 9.80 Å². The second-order valence-corrected chi connectivity index (χ2v) is 8.61. The van der Waals surface area contributed by atoms with E-state index >= 15 is 0 Å². The van der Waals surface area contributed by atoms with E-state index in [0.29, 0.717) is 18.8 Å². The first kappa shape index (κ1) is 20.6. The second kappa shape index (κ2) is 9.05. The van der Waals surface area contributed by atoms with Gasteiger partial charge in [-0.1, -0.05) is 54.6 Å². The van der Waals surface area contributed by atoms with Crippen molar-refractivity contribution in [2.45, 2.75) is 6.42 Å². The highest BCUT2D eigenvalue weighted by atomic mass is 16.6. The summed E-state index contributed by atoms with van der Waals surface area (Å²) in [5, 5.41) is 2.29. The van der Waals surface area contributed by atoms with Crippen molar-refractivity contribution in [3.8, 4) is 5.75 Å². The molecule has 5 nitrogen and oxygen atoms in total. The van der Waals surface area contributed by atoms with E-state index in [1.54, 1.807) is 4.90 Å². The van der Waals surface area contributed by atoms with Crippen molar-refractivity contribution >= 4 is 28.1 Å². The molecular formula is C27H29N3O2. The second-order valence-electron chi connectivity index (χ2n) is 8.61. The van der Waals surface area contributed by atoms with Gasteiger partial charge in [-0.2, -0.15) is 0 Å². The molecule has 0 radical (unpaired) electrons. The molecule has 0 aromatic heterocycles. The SMILES string of the molecule is CN1CCN(c2cccc3ccc(OC(=O)N4CC=C(c5ccccc5)CC4)cc23)CC1. The molecule has 164 valence electrons. The Labute approximate surface area is 189 Å². The van der Waals surface area contributed by atoms with Gasteiger partial charge in [0, 0.05) is 50.3 Å². The molecule has 32 heavy (non-hydrogen) atoms. The zero-order valence-electron chi connectivity index (χ0n) is 18.5. The monoisotopic (exact) mass is 427 g/mol. The molecule has 5 heteroatoms. The molecule has 1 saturated heterocycles. The van der Waals surface area contributed by atoms with Gasteiger partial charge in [-0.05, 0) is 48.2 Å². The van der Waals surface area contributed by atoms with Gasteiger partial charge >= 0.3 is 6.09 Å². The predicted octanol–water partition coefficient (Wildman–Crippen LogP) is 4.88. The highest BCUT2D eigenvalue weighted by molar-refractivity contribution is 5.95. The number of anilines is 1. The van der Waals surface area contributed by atoms with E-state index in [4.69, 9.17) is 4.74 Å². The fourth-order valence-corrected chi connectivity index (χ4v) is 4.54. The zero-order chi connectivity index (χ0) is 21.9. The maximum atomic E-state index is 12.8. The Bertz CT molecular complexity index is 1130. The molecule has 3 aromatic carbocycles. The lowest BCUT2D eigenvalue weighted by Crippen LogP contribution is -2.44. The van der Waals surface area contributed by atoms with Crippen LogP contribution in [0.15, 0.2) is 72.8 Å². The lowest BCUT2D eigenvalue weighted by Gasteiger charge is -2.34. The zero-order valence-corrected chi connectivity index (χ0v) is 18.5. The van der Waals surface area contributed by atoms with E-state index in [1.807, 2.05) is 36.4 Å². The standard InChI is InChI=1S/C27H29N3O2/c1-28-16-18-29(19-17-28)26-9-5-8-23-10-11-24(20-25(23)26)32-27(31)30-14-12-22(13-15-30)21-6-3-2-4-7-21/h2-12,20H,13-19H2,1H3. The van der Waals surface area contributed by atoms with Crippen LogP contribution in [-0.4, -0.2) is 62.2 Å². The van der Waals surface area contributed by atoms with E-state index in [-0.39, 0.29) is 6.09 Å². The van der Waals surface area contributed by atoms with Crippen molar-refractivity contribution in [3.63, 3.8) is 0 Å². The summed E-state index contributed by atoms with van der Waals surface area (Å²) in [6.07, 6.45) is 2.68. The minimum atomic E-state index is -0.287. The molecule has 0 saturated carbocycles. The van der Waals surface area contributed by atoms with Crippen LogP contribution in [0.2, 0.25) is 0 Å². The van der Waals surface area contributed by atoms with Crippen molar-refractivity contribution < 1.29 is 9.53 Å². The largest absolute Gasteiger partial charge is 0.415 e. The molecule has 0 atom stereocenters. The van der Waals surface area contributed by atoms with E-state index in [9.17, 15) is 4.79 Å². The predicted molar refractivity (Wildman–Crippen MR) is 130 cm³/mol. The first-order valence-electron chi connectivity index (χ1n) is 11.3. The average molecular weight is 428 g/mol. The molecule has 3 aromatic rings. The van der Waals surface area contributed by atoms with Crippen LogP contribution in [0.5, 0.6) is 5.75 Å². The molecule has 1 amide bonds. The quantitative estimate of drug-likeness (QED) is 0.597. The molecule has 0 aliphatic carbocycles. The summed E-state index contributed by atoms with van der Waals surface area (Å²) in [7, 11) is 2.16. The van der Waals surface area contributed by atoms with Gasteiger partial charge in [0.25, 0.3) is 0 Å². The topological polar surface area (TPSA) is 36.0 Å². The van der Waals surface area contributed by atoms with Crippen molar-refractivity contribution in [3.05, 3.63) is 78.4 Å². The highest BCUT2D eigenvalue weighted by Crippen LogP contribution is 2.31. The first-order valence-corrected chi connectivity index (χ1v) is 11.3. The molecule has 0 N–H and O–H groups in total. The summed E-state index contributed by atoms with van der Waals surface area (Å²) in [6.45, 7) is 5.35. The van der Waals surface area contributed by atoms with E-state index in [2.05, 4.69) is 53.3 Å². The summed E-state index contributed by atoms with van der Waals surface area (Å²) in [6, 6.07) is 22.7. The van der Waals surface area contributed by atoms with Crippen molar-refractivity contribution in [2.24, 2.45) is 0 Å². The van der Waals surface area contributed by atoms with Crippen LogP contribution in [0.3, 0.4) is 0 Å². The first-order chi connectivity index (χ1) is 15.7. The average Bonchev–Trinajstić information content (AvgIpc) is 2.85. The maximum Gasteiger partial charge on any atom is 0.415 e. The Morgan fingerprint density at radius 1 is 0.875 bits per heavy atom. The van der Waals surface area contributed by atoms with Crippen molar-refractivity contribution in [1.29, 1.82) is 0 Å². The number of ether oxygens (including phenoxy) is 1. The third kappa shape index (κ3) is 4.34. The van der Waals surface area contributed by atoms with Crippen LogP contribution in [0.4, 0.5) is 10.5 Å². The minimum Gasteiger partial charge on any atom is -0.410 e. The Hall–Kier alpha value is -3.31. The highest BCUT2D eigenvalue weighted by Gasteiger charge is 2.21. The lowest BCUT2D eigenvalue weighted by molar-refractivity contribution is 0.157. The molecule has 5 rings (SSSR count). The van der Waals surface area contributed by atoms with Crippen LogP contribution in [0.25, 0.3) is 16.3 Å². The third-order valence-electron chi connectivity index (χ3n) is 6.49. The number of likely N-dealkylation sites (N-methyl/N-ethyl adjacent to an activating group) is 1. The number of piperazine rings is 1. The van der Waals surface area contributed by atoms with Gasteiger partial charge in [0.15, 0.2) is 0 Å². The third-order valence-corrected chi connectivity index (χ3v) is 6.49. The van der Waals surface area contributed by atoms with Gasteiger partial charge < -0.3 is 19.4 Å². The molecule has 2 aliphatic rings. The summed E-state index contributed by atoms with van der Waals surface area (Å²) in [4.78, 5) is 19.4. The van der Waals surface area contributed by atoms with Crippen LogP contribution in [0.1, 0.15) is 12.0 Å². The van der Waals surface area contributed by atoms with Gasteiger partial charge in [-0.25, -0.2) is 4.79 Å². The van der Waals surface area contributed by atoms with Crippen LogP contribution >= 0.6 is 0 Å². The number of nitrogens with zero attached hydrogens (tertiary/aromatic N) is 3. The van der Waals surface area contributed by atoms with Crippen LogP contribution < -0.4 is 9.64 Å². The number of carbonyl (C=O) groups excluding carboxylic acids is 1. The summed E-state index contributed by atoms with van der Waals surface area (Å²) in [5.74, 6) is 0.599. The van der Waals surface area contributed by atoms with Gasteiger partial charge in [-0.3, -0.25) is 0 Å². The molecule has 1 fully saturated rings. The normalized spacial score (nSPS) is 17.3. The number of carbonyl (C=O) groups is 1. The molecule has 2 heterocycles. The van der Waals surface area contributed by atoms with E-state index in [1.165, 1.54) is 16.8 Å². The Kier molecular flexibility index (Phi) is 5.82. The summed E-state index contributed by atoms with van der Waals surface area (Å²) >= 11 is 0. The molecule has 0 unspecified atom stereocenters. The van der Waals surface area contributed by atoms with Gasteiger partial charge in [-0.15, -0.1) is 0 Å². The summed E-state index contributed by atoms with van der Waals surface area (Å²) in [5.41, 5.74) is 3.73. The van der Waals surface area contributed by atoms with Crippen LogP contribution in [0, 0.1) is 0 Å².